The average Bonchev–Trinajstić information content (AvgIpc) is 3.08. The highest BCUT2D eigenvalue weighted by Gasteiger charge is 2.25. The molecule has 1 fully saturated rings. The van der Waals surface area contributed by atoms with E-state index in [4.69, 9.17) is 15.2 Å². The number of nitrogens with two attached hydrogens (primary N) is 1. The SMILES string of the molecule is COC(=O)c1cc(OC)c(NC/C=C/CNc2c(OCC#CCN3CCN(C(=O)C(C)C)CC3)cc(C(N)=O)cc2[N+](=O)[O-])c([N+](=O)[O-])c1. The van der Waals surface area contributed by atoms with Crippen molar-refractivity contribution in [3.8, 4) is 23.3 Å². The van der Waals surface area contributed by atoms with Gasteiger partial charge in [0, 0.05) is 62.9 Å². The number of piperazine rings is 1. The molecular weight excluding hydrogens is 642 g/mol. The van der Waals surface area contributed by atoms with Gasteiger partial charge < -0.3 is 35.5 Å². The van der Waals surface area contributed by atoms with Crippen LogP contribution in [0.25, 0.3) is 0 Å². The Labute approximate surface area is 282 Å². The Balaban J connectivity index is 1.66. The van der Waals surface area contributed by atoms with Crippen LogP contribution in [0.3, 0.4) is 0 Å². The number of primary amides is 1. The van der Waals surface area contributed by atoms with Crippen LogP contribution in [0.1, 0.15) is 34.6 Å². The zero-order chi connectivity index (χ0) is 36.1. The fraction of sp³-hybridized carbons (Fsp3) is 0.406. The number of anilines is 2. The van der Waals surface area contributed by atoms with Crippen LogP contribution in [0.4, 0.5) is 22.7 Å². The fourth-order valence-electron chi connectivity index (χ4n) is 4.81. The third-order valence-electron chi connectivity index (χ3n) is 7.35. The molecule has 0 aromatic heterocycles. The molecule has 2 amide bonds. The van der Waals surface area contributed by atoms with Crippen molar-refractivity contribution in [2.24, 2.45) is 11.7 Å². The summed E-state index contributed by atoms with van der Waals surface area (Å²) in [4.78, 5) is 62.2. The van der Waals surface area contributed by atoms with Crippen molar-refractivity contribution in [3.05, 3.63) is 67.8 Å². The average molecular weight is 682 g/mol. The lowest BCUT2D eigenvalue weighted by atomic mass is 10.1. The summed E-state index contributed by atoms with van der Waals surface area (Å²) in [6.45, 7) is 6.82. The number of ether oxygens (including phenoxy) is 3. The summed E-state index contributed by atoms with van der Waals surface area (Å²) in [6.07, 6.45) is 3.22. The molecular formula is C32H39N7O10. The topological polar surface area (TPSA) is 222 Å². The molecule has 262 valence electrons. The number of rotatable bonds is 15. The maximum absolute atomic E-state index is 12.2. The molecule has 17 heteroatoms. The smallest absolute Gasteiger partial charge is 0.338 e. The molecule has 2 aromatic carbocycles. The van der Waals surface area contributed by atoms with E-state index < -0.39 is 33.1 Å². The quantitative estimate of drug-likeness (QED) is 0.0810. The number of nitrogens with zero attached hydrogens (tertiary/aromatic N) is 4. The van der Waals surface area contributed by atoms with E-state index in [-0.39, 0.29) is 65.5 Å². The molecule has 0 bridgehead atoms. The van der Waals surface area contributed by atoms with Gasteiger partial charge in [-0.1, -0.05) is 37.8 Å². The number of nitro groups is 2. The molecule has 1 aliphatic heterocycles. The van der Waals surface area contributed by atoms with E-state index in [2.05, 4.69) is 32.1 Å². The molecule has 0 radical (unpaired) electrons. The first-order chi connectivity index (χ1) is 23.4. The van der Waals surface area contributed by atoms with Gasteiger partial charge in [0.15, 0.2) is 17.1 Å². The molecule has 0 atom stereocenters. The van der Waals surface area contributed by atoms with E-state index >= 15 is 0 Å². The van der Waals surface area contributed by atoms with Gasteiger partial charge in [-0.3, -0.25) is 34.7 Å². The minimum absolute atomic E-state index is 0.00365. The minimum Gasteiger partial charge on any atom is -0.494 e. The summed E-state index contributed by atoms with van der Waals surface area (Å²) in [5, 5.41) is 29.4. The van der Waals surface area contributed by atoms with Crippen molar-refractivity contribution >= 4 is 40.5 Å². The van der Waals surface area contributed by atoms with Crippen LogP contribution < -0.4 is 25.8 Å². The van der Waals surface area contributed by atoms with E-state index in [1.165, 1.54) is 19.2 Å². The lowest BCUT2D eigenvalue weighted by Crippen LogP contribution is -2.49. The van der Waals surface area contributed by atoms with Gasteiger partial charge in [-0.25, -0.2) is 4.79 Å². The van der Waals surface area contributed by atoms with Gasteiger partial charge in [-0.05, 0) is 12.1 Å². The van der Waals surface area contributed by atoms with Crippen molar-refractivity contribution in [1.29, 1.82) is 0 Å². The molecule has 3 rings (SSSR count). The van der Waals surface area contributed by atoms with Gasteiger partial charge in [0.2, 0.25) is 11.8 Å². The van der Waals surface area contributed by atoms with Gasteiger partial charge in [-0.2, -0.15) is 0 Å². The second-order valence-corrected chi connectivity index (χ2v) is 10.9. The third kappa shape index (κ3) is 10.3. The van der Waals surface area contributed by atoms with Crippen LogP contribution in [0.5, 0.6) is 11.5 Å². The van der Waals surface area contributed by atoms with Crippen molar-refractivity contribution in [3.63, 3.8) is 0 Å². The second kappa shape index (κ2) is 17.9. The number of esters is 1. The number of carbonyl (C=O) groups is 3. The van der Waals surface area contributed by atoms with Crippen molar-refractivity contribution in [1.82, 2.24) is 9.80 Å². The fourth-order valence-corrected chi connectivity index (χ4v) is 4.81. The maximum Gasteiger partial charge on any atom is 0.338 e. The van der Waals surface area contributed by atoms with Gasteiger partial charge in [-0.15, -0.1) is 0 Å². The van der Waals surface area contributed by atoms with Crippen molar-refractivity contribution in [2.75, 3.05) is 77.3 Å². The summed E-state index contributed by atoms with van der Waals surface area (Å²) < 4.78 is 15.6. The van der Waals surface area contributed by atoms with Crippen LogP contribution in [-0.2, 0) is 9.53 Å². The standard InChI is InChI=1S/C32H39N7O10/c1-21(2)31(41)37-14-12-36(13-15-37)11-7-8-16-49-27-19-22(30(33)40)17-24(38(43)44)29(27)35-10-6-5-9-34-28-25(39(45)46)18-23(32(42)48-4)20-26(28)47-3/h5-6,17-21,34-35H,9-16H2,1-4H3,(H2,33,40)/b6-5+. The van der Waals surface area contributed by atoms with E-state index in [0.717, 1.165) is 19.2 Å². The van der Waals surface area contributed by atoms with E-state index in [9.17, 15) is 34.6 Å². The first-order valence-corrected chi connectivity index (χ1v) is 15.2. The number of hydrogen-bond donors (Lipinski definition) is 3. The zero-order valence-corrected chi connectivity index (χ0v) is 27.6. The van der Waals surface area contributed by atoms with Gasteiger partial charge >= 0.3 is 5.97 Å². The van der Waals surface area contributed by atoms with Gasteiger partial charge in [0.05, 0.1) is 36.2 Å². The van der Waals surface area contributed by atoms with E-state index in [0.29, 0.717) is 32.7 Å². The number of amides is 2. The molecule has 0 unspecified atom stereocenters. The molecule has 0 aliphatic carbocycles. The summed E-state index contributed by atoms with van der Waals surface area (Å²) >= 11 is 0. The molecule has 17 nitrogen and oxygen atoms in total. The molecule has 4 N–H and O–H groups in total. The number of nitro benzene ring substituents is 2. The first-order valence-electron chi connectivity index (χ1n) is 15.2. The summed E-state index contributed by atoms with van der Waals surface area (Å²) in [6, 6.07) is 4.72. The Morgan fingerprint density at radius 3 is 1.96 bits per heavy atom. The summed E-state index contributed by atoms with van der Waals surface area (Å²) in [5.41, 5.74) is 4.42. The van der Waals surface area contributed by atoms with Crippen LogP contribution in [0, 0.1) is 38.0 Å². The lowest BCUT2D eigenvalue weighted by molar-refractivity contribution is -0.384. The molecule has 1 saturated heterocycles. The number of nitrogens with one attached hydrogen (secondary N) is 2. The lowest BCUT2D eigenvalue weighted by Gasteiger charge is -2.34. The Morgan fingerprint density at radius 1 is 0.898 bits per heavy atom. The predicted molar refractivity (Wildman–Crippen MR) is 180 cm³/mol. The van der Waals surface area contributed by atoms with Crippen molar-refractivity contribution < 1.29 is 38.4 Å². The molecule has 2 aromatic rings. The van der Waals surface area contributed by atoms with Crippen LogP contribution in [-0.4, -0.2) is 104 Å². The second-order valence-electron chi connectivity index (χ2n) is 10.9. The van der Waals surface area contributed by atoms with E-state index in [1.54, 1.807) is 12.2 Å². The molecule has 1 heterocycles. The molecule has 49 heavy (non-hydrogen) atoms. The first kappa shape index (κ1) is 37.6. The maximum atomic E-state index is 12.2. The Kier molecular flexibility index (Phi) is 13.7. The number of methoxy groups -OCH3 is 2. The Morgan fingerprint density at radius 2 is 1.45 bits per heavy atom. The molecule has 1 aliphatic rings. The highest BCUT2D eigenvalue weighted by atomic mass is 16.6. The normalized spacial score (nSPS) is 13.0. The third-order valence-corrected chi connectivity index (χ3v) is 7.35. The Bertz CT molecular complexity index is 1660. The monoisotopic (exact) mass is 681 g/mol. The van der Waals surface area contributed by atoms with E-state index in [1.807, 2.05) is 18.7 Å². The predicted octanol–water partition coefficient (Wildman–Crippen LogP) is 2.66. The zero-order valence-electron chi connectivity index (χ0n) is 27.6. The molecule has 0 spiro atoms. The number of benzene rings is 2. The van der Waals surface area contributed by atoms with Crippen LogP contribution in [0.15, 0.2) is 36.4 Å². The minimum atomic E-state index is -0.879. The summed E-state index contributed by atoms with van der Waals surface area (Å²) in [5.74, 6) is 4.36. The number of carbonyl (C=O) groups excluding carboxylic acids is 3. The molecule has 0 saturated carbocycles. The highest BCUT2D eigenvalue weighted by molar-refractivity contribution is 5.96. The highest BCUT2D eigenvalue weighted by Crippen LogP contribution is 2.37. The van der Waals surface area contributed by atoms with Crippen LogP contribution in [0.2, 0.25) is 0 Å². The van der Waals surface area contributed by atoms with Crippen molar-refractivity contribution in [2.45, 2.75) is 13.8 Å². The number of hydrogen-bond acceptors (Lipinski definition) is 13. The Hall–Kier alpha value is -5.89. The van der Waals surface area contributed by atoms with Gasteiger partial charge in [0.1, 0.15) is 12.4 Å². The van der Waals surface area contributed by atoms with Gasteiger partial charge in [0.25, 0.3) is 11.4 Å². The van der Waals surface area contributed by atoms with Crippen LogP contribution >= 0.6 is 0 Å². The largest absolute Gasteiger partial charge is 0.494 e. The summed E-state index contributed by atoms with van der Waals surface area (Å²) in [7, 11) is 2.45.